The number of carbonyl (C=O) groups is 1. The number of rotatable bonds is 7. The maximum Gasteiger partial charge on any atom is 0.293 e. The summed E-state index contributed by atoms with van der Waals surface area (Å²) in [7, 11) is 1.72. The molecule has 0 unspecified atom stereocenters. The topological polar surface area (TPSA) is 71.1 Å². The summed E-state index contributed by atoms with van der Waals surface area (Å²) in [5.41, 5.74) is 0. The Morgan fingerprint density at radius 3 is 2.83 bits per heavy atom. The Hall–Kier alpha value is -1.43. The largest absolute Gasteiger partial charge is 0.377 e. The lowest BCUT2D eigenvalue weighted by molar-refractivity contribution is 0.0526. The minimum Gasteiger partial charge on any atom is -0.377 e. The number of carbonyl (C=O) groups excluding carboxylic acids is 1. The molecule has 6 nitrogen and oxygen atoms in total. The molecule has 1 aromatic heterocycles. The molecule has 0 radical (unpaired) electrons. The first-order valence-corrected chi connectivity index (χ1v) is 6.33. The second kappa shape index (κ2) is 7.10. The molecule has 6 heteroatoms. The standard InChI is InChI=1S/C12H22N4O2/c1-5-6-10-13-11(15-14-10)12(17)16(4)7-8-18-9(2)3/h9H,5-8H2,1-4H3,(H,13,14,15). The highest BCUT2D eigenvalue weighted by Crippen LogP contribution is 2.00. The van der Waals surface area contributed by atoms with E-state index < -0.39 is 0 Å². The first-order chi connectivity index (χ1) is 8.54. The third kappa shape index (κ3) is 4.44. The number of H-pyrrole nitrogens is 1. The van der Waals surface area contributed by atoms with Gasteiger partial charge in [0.15, 0.2) is 0 Å². The second-order valence-electron chi connectivity index (χ2n) is 4.50. The van der Waals surface area contributed by atoms with Crippen LogP contribution in [0.5, 0.6) is 0 Å². The van der Waals surface area contributed by atoms with Crippen LogP contribution in [0.25, 0.3) is 0 Å². The van der Waals surface area contributed by atoms with Crippen molar-refractivity contribution in [3.63, 3.8) is 0 Å². The van der Waals surface area contributed by atoms with E-state index in [2.05, 4.69) is 22.1 Å². The van der Waals surface area contributed by atoms with E-state index in [1.807, 2.05) is 13.8 Å². The highest BCUT2D eigenvalue weighted by atomic mass is 16.5. The Balaban J connectivity index is 2.46. The van der Waals surface area contributed by atoms with Crippen molar-refractivity contribution in [2.75, 3.05) is 20.2 Å². The molecule has 0 atom stereocenters. The minimum absolute atomic E-state index is 0.174. The third-order valence-corrected chi connectivity index (χ3v) is 2.43. The molecule has 0 aliphatic carbocycles. The lowest BCUT2D eigenvalue weighted by Gasteiger charge is -2.16. The van der Waals surface area contributed by atoms with Gasteiger partial charge < -0.3 is 9.64 Å². The zero-order chi connectivity index (χ0) is 13.5. The van der Waals surface area contributed by atoms with E-state index in [1.54, 1.807) is 11.9 Å². The highest BCUT2D eigenvalue weighted by Gasteiger charge is 2.16. The third-order valence-electron chi connectivity index (χ3n) is 2.43. The Morgan fingerprint density at radius 2 is 2.22 bits per heavy atom. The fourth-order valence-electron chi connectivity index (χ4n) is 1.44. The van der Waals surface area contributed by atoms with Crippen molar-refractivity contribution in [1.29, 1.82) is 0 Å². The number of ether oxygens (including phenoxy) is 1. The first-order valence-electron chi connectivity index (χ1n) is 6.33. The number of nitrogens with zero attached hydrogens (tertiary/aromatic N) is 3. The molecule has 1 amide bonds. The molecule has 0 aliphatic rings. The summed E-state index contributed by atoms with van der Waals surface area (Å²) in [6.07, 6.45) is 1.95. The number of hydrogen-bond donors (Lipinski definition) is 1. The summed E-state index contributed by atoms with van der Waals surface area (Å²) in [4.78, 5) is 17.7. The van der Waals surface area contributed by atoms with Gasteiger partial charge in [-0.05, 0) is 20.3 Å². The SMILES string of the molecule is CCCc1nc(C(=O)N(C)CCOC(C)C)n[nH]1. The number of amides is 1. The van der Waals surface area contributed by atoms with Gasteiger partial charge in [0.25, 0.3) is 5.91 Å². The van der Waals surface area contributed by atoms with Crippen LogP contribution in [0.1, 0.15) is 43.6 Å². The number of hydrogen-bond acceptors (Lipinski definition) is 4. The minimum atomic E-state index is -0.180. The molecule has 1 N–H and O–H groups in total. The quantitative estimate of drug-likeness (QED) is 0.795. The van der Waals surface area contributed by atoms with E-state index in [-0.39, 0.29) is 17.8 Å². The zero-order valence-corrected chi connectivity index (χ0v) is 11.6. The fourth-order valence-corrected chi connectivity index (χ4v) is 1.44. The van der Waals surface area contributed by atoms with Gasteiger partial charge in [0.2, 0.25) is 5.82 Å². The van der Waals surface area contributed by atoms with E-state index in [1.165, 1.54) is 0 Å². The number of likely N-dealkylation sites (N-methyl/N-ethyl adjacent to an activating group) is 1. The summed E-state index contributed by atoms with van der Waals surface area (Å²) in [5.74, 6) is 0.805. The van der Waals surface area contributed by atoms with Crippen LogP contribution in [-0.2, 0) is 11.2 Å². The van der Waals surface area contributed by atoms with Gasteiger partial charge in [0.05, 0.1) is 12.7 Å². The Morgan fingerprint density at radius 1 is 1.50 bits per heavy atom. The normalized spacial score (nSPS) is 10.9. The van der Waals surface area contributed by atoms with Gasteiger partial charge in [0, 0.05) is 20.0 Å². The van der Waals surface area contributed by atoms with Crippen LogP contribution in [-0.4, -0.2) is 52.3 Å². The van der Waals surface area contributed by atoms with Crippen LogP contribution in [0, 0.1) is 0 Å². The van der Waals surface area contributed by atoms with Gasteiger partial charge in [-0.25, -0.2) is 4.98 Å². The van der Waals surface area contributed by atoms with Crippen LogP contribution < -0.4 is 0 Å². The maximum absolute atomic E-state index is 12.0. The van der Waals surface area contributed by atoms with Crippen molar-refractivity contribution in [3.8, 4) is 0 Å². The molecule has 0 aromatic carbocycles. The summed E-state index contributed by atoms with van der Waals surface area (Å²) in [6, 6.07) is 0. The molecule has 1 aromatic rings. The Kier molecular flexibility index (Phi) is 5.77. The van der Waals surface area contributed by atoms with Crippen LogP contribution in [0.3, 0.4) is 0 Å². The molecule has 0 saturated carbocycles. The van der Waals surface area contributed by atoms with Gasteiger partial charge in [-0.15, -0.1) is 5.10 Å². The molecular weight excluding hydrogens is 232 g/mol. The molecule has 1 heterocycles. The van der Waals surface area contributed by atoms with Crippen LogP contribution in [0.4, 0.5) is 0 Å². The summed E-state index contributed by atoms with van der Waals surface area (Å²) in [6.45, 7) is 7.04. The van der Waals surface area contributed by atoms with Gasteiger partial charge in [0.1, 0.15) is 5.82 Å². The van der Waals surface area contributed by atoms with Crippen LogP contribution >= 0.6 is 0 Å². The lowest BCUT2D eigenvalue weighted by atomic mass is 10.3. The predicted molar refractivity (Wildman–Crippen MR) is 68.4 cm³/mol. The van der Waals surface area contributed by atoms with Crippen molar-refractivity contribution in [2.24, 2.45) is 0 Å². The molecule has 102 valence electrons. The van der Waals surface area contributed by atoms with Crippen molar-refractivity contribution < 1.29 is 9.53 Å². The number of aromatic amines is 1. The van der Waals surface area contributed by atoms with Crippen molar-refractivity contribution in [3.05, 3.63) is 11.6 Å². The molecule has 0 saturated heterocycles. The van der Waals surface area contributed by atoms with Gasteiger partial charge in [-0.3, -0.25) is 9.89 Å². The molecule has 1 rings (SSSR count). The van der Waals surface area contributed by atoms with E-state index in [0.29, 0.717) is 13.2 Å². The smallest absolute Gasteiger partial charge is 0.293 e. The second-order valence-corrected chi connectivity index (χ2v) is 4.50. The van der Waals surface area contributed by atoms with Crippen molar-refractivity contribution in [2.45, 2.75) is 39.7 Å². The average molecular weight is 254 g/mol. The van der Waals surface area contributed by atoms with Crippen molar-refractivity contribution in [1.82, 2.24) is 20.1 Å². The van der Waals surface area contributed by atoms with E-state index >= 15 is 0 Å². The number of aromatic nitrogens is 3. The molecule has 0 fully saturated rings. The highest BCUT2D eigenvalue weighted by molar-refractivity contribution is 5.90. The molecule has 0 bridgehead atoms. The molecule has 18 heavy (non-hydrogen) atoms. The lowest BCUT2D eigenvalue weighted by Crippen LogP contribution is -2.31. The monoisotopic (exact) mass is 254 g/mol. The fraction of sp³-hybridized carbons (Fsp3) is 0.750. The summed E-state index contributed by atoms with van der Waals surface area (Å²) < 4.78 is 5.40. The summed E-state index contributed by atoms with van der Waals surface area (Å²) in [5, 5.41) is 6.71. The molecular formula is C12H22N4O2. The van der Waals surface area contributed by atoms with E-state index in [0.717, 1.165) is 18.7 Å². The predicted octanol–water partition coefficient (Wildman–Crippen LogP) is 1.25. The Bertz CT molecular complexity index is 376. The molecule has 0 aliphatic heterocycles. The van der Waals surface area contributed by atoms with E-state index in [9.17, 15) is 4.79 Å². The van der Waals surface area contributed by atoms with Crippen molar-refractivity contribution >= 4 is 5.91 Å². The van der Waals surface area contributed by atoms with Crippen LogP contribution in [0.15, 0.2) is 0 Å². The first kappa shape index (κ1) is 14.6. The van der Waals surface area contributed by atoms with E-state index in [4.69, 9.17) is 4.74 Å². The average Bonchev–Trinajstić information content (AvgIpc) is 2.76. The van der Waals surface area contributed by atoms with Gasteiger partial charge >= 0.3 is 0 Å². The number of nitrogens with one attached hydrogen (secondary N) is 1. The summed E-state index contributed by atoms with van der Waals surface area (Å²) >= 11 is 0. The molecule has 0 spiro atoms. The van der Waals surface area contributed by atoms with Crippen LogP contribution in [0.2, 0.25) is 0 Å². The maximum atomic E-state index is 12.0. The van der Waals surface area contributed by atoms with Gasteiger partial charge in [-0.1, -0.05) is 6.92 Å². The van der Waals surface area contributed by atoms with Gasteiger partial charge in [-0.2, -0.15) is 0 Å². The Labute approximate surface area is 108 Å². The number of aryl methyl sites for hydroxylation is 1. The zero-order valence-electron chi connectivity index (χ0n) is 11.6.